The monoisotopic (exact) mass is 255 g/mol. The topological polar surface area (TPSA) is 28.2 Å². The van der Waals surface area contributed by atoms with Gasteiger partial charge >= 0.3 is 0 Å². The van der Waals surface area contributed by atoms with Crippen molar-refractivity contribution < 1.29 is 8.78 Å². The fourth-order valence-electron chi connectivity index (χ4n) is 2.28. The summed E-state index contributed by atoms with van der Waals surface area (Å²) in [6.07, 6.45) is 2.13. The lowest BCUT2D eigenvalue weighted by molar-refractivity contribution is 0.266. The largest absolute Gasteiger partial charge is 0.367 e. The van der Waals surface area contributed by atoms with Crippen LogP contribution in [0.1, 0.15) is 20.3 Å². The summed E-state index contributed by atoms with van der Waals surface area (Å²) in [7, 11) is 0. The Morgan fingerprint density at radius 2 is 2.28 bits per heavy atom. The first-order valence-corrected chi connectivity index (χ1v) is 6.35. The molecule has 0 radical (unpaired) electrons. The fraction of sp³-hybridized carbons (Fsp3) is 0.615. The SMILES string of the molecule is CC(C)N1CCC(CNc2ncc(F)cc2F)C1. The predicted molar refractivity (Wildman–Crippen MR) is 67.5 cm³/mol. The van der Waals surface area contributed by atoms with Gasteiger partial charge in [0.1, 0.15) is 5.82 Å². The molecule has 3 nitrogen and oxygen atoms in total. The van der Waals surface area contributed by atoms with E-state index in [-0.39, 0.29) is 5.82 Å². The molecule has 1 fully saturated rings. The number of likely N-dealkylation sites (tertiary alicyclic amines) is 1. The van der Waals surface area contributed by atoms with Crippen molar-refractivity contribution in [2.45, 2.75) is 26.3 Å². The van der Waals surface area contributed by atoms with Crippen LogP contribution in [0.15, 0.2) is 12.3 Å². The first-order chi connectivity index (χ1) is 8.56. The first-order valence-electron chi connectivity index (χ1n) is 6.35. The molecule has 0 spiro atoms. The second kappa shape index (κ2) is 5.61. The summed E-state index contributed by atoms with van der Waals surface area (Å²) in [6.45, 7) is 7.14. The smallest absolute Gasteiger partial charge is 0.168 e. The number of pyridine rings is 1. The Morgan fingerprint density at radius 1 is 1.50 bits per heavy atom. The van der Waals surface area contributed by atoms with E-state index in [1.54, 1.807) is 0 Å². The Hall–Kier alpha value is -1.23. The number of halogens is 2. The molecule has 1 aromatic heterocycles. The Balaban J connectivity index is 1.85. The maximum absolute atomic E-state index is 13.4. The van der Waals surface area contributed by atoms with Crippen molar-refractivity contribution >= 4 is 5.82 Å². The lowest BCUT2D eigenvalue weighted by atomic mass is 10.1. The minimum Gasteiger partial charge on any atom is -0.367 e. The molecule has 2 rings (SSSR count). The highest BCUT2D eigenvalue weighted by molar-refractivity contribution is 5.35. The van der Waals surface area contributed by atoms with Crippen molar-refractivity contribution in [2.75, 3.05) is 25.0 Å². The lowest BCUT2D eigenvalue weighted by Gasteiger charge is -2.20. The number of aromatic nitrogens is 1. The van der Waals surface area contributed by atoms with Gasteiger partial charge < -0.3 is 10.2 Å². The Labute approximate surface area is 106 Å². The summed E-state index contributed by atoms with van der Waals surface area (Å²) in [6, 6.07) is 1.40. The molecule has 1 unspecified atom stereocenters. The average Bonchev–Trinajstić information content (AvgIpc) is 2.76. The van der Waals surface area contributed by atoms with Gasteiger partial charge in [0.2, 0.25) is 0 Å². The molecule has 1 saturated heterocycles. The van der Waals surface area contributed by atoms with Crippen LogP contribution in [0.5, 0.6) is 0 Å². The summed E-state index contributed by atoms with van der Waals surface area (Å²) in [4.78, 5) is 6.12. The van der Waals surface area contributed by atoms with Gasteiger partial charge in [-0.3, -0.25) is 0 Å². The van der Waals surface area contributed by atoms with Crippen molar-refractivity contribution in [1.29, 1.82) is 0 Å². The van der Waals surface area contributed by atoms with E-state index in [4.69, 9.17) is 0 Å². The molecule has 0 bridgehead atoms. The molecular weight excluding hydrogens is 236 g/mol. The number of anilines is 1. The van der Waals surface area contributed by atoms with Gasteiger partial charge in [0.25, 0.3) is 0 Å². The van der Waals surface area contributed by atoms with Crippen LogP contribution in [-0.4, -0.2) is 35.6 Å². The van der Waals surface area contributed by atoms with Crippen molar-refractivity contribution in [1.82, 2.24) is 9.88 Å². The van der Waals surface area contributed by atoms with Crippen molar-refractivity contribution in [3.8, 4) is 0 Å². The van der Waals surface area contributed by atoms with Gasteiger partial charge in [0, 0.05) is 25.2 Å². The summed E-state index contributed by atoms with van der Waals surface area (Å²) < 4.78 is 26.0. The van der Waals surface area contributed by atoms with Crippen molar-refractivity contribution in [3.63, 3.8) is 0 Å². The molecule has 1 aromatic rings. The normalized spacial score (nSPS) is 20.6. The summed E-state index contributed by atoms with van der Waals surface area (Å²) in [5.74, 6) is -0.642. The Morgan fingerprint density at radius 3 is 2.89 bits per heavy atom. The minimum atomic E-state index is -0.648. The number of nitrogens with zero attached hydrogens (tertiary/aromatic N) is 2. The molecule has 1 aliphatic rings. The molecular formula is C13H19F2N3. The molecule has 18 heavy (non-hydrogen) atoms. The highest BCUT2D eigenvalue weighted by Crippen LogP contribution is 2.19. The van der Waals surface area contributed by atoms with Gasteiger partial charge in [0.15, 0.2) is 11.6 Å². The van der Waals surface area contributed by atoms with Gasteiger partial charge in [0.05, 0.1) is 6.20 Å². The van der Waals surface area contributed by atoms with E-state index >= 15 is 0 Å². The van der Waals surface area contributed by atoms with E-state index < -0.39 is 11.6 Å². The maximum Gasteiger partial charge on any atom is 0.168 e. The van der Waals surface area contributed by atoms with Crippen LogP contribution >= 0.6 is 0 Å². The maximum atomic E-state index is 13.4. The minimum absolute atomic E-state index is 0.138. The van der Waals surface area contributed by atoms with Crippen LogP contribution in [-0.2, 0) is 0 Å². The van der Waals surface area contributed by atoms with E-state index in [0.29, 0.717) is 18.5 Å². The second-order valence-corrected chi connectivity index (χ2v) is 5.11. The number of rotatable bonds is 4. The summed E-state index contributed by atoms with van der Waals surface area (Å²) in [5, 5.41) is 2.96. The molecule has 1 atom stereocenters. The fourth-order valence-corrected chi connectivity index (χ4v) is 2.28. The van der Waals surface area contributed by atoms with E-state index in [2.05, 4.69) is 29.0 Å². The second-order valence-electron chi connectivity index (χ2n) is 5.11. The zero-order chi connectivity index (χ0) is 13.1. The van der Waals surface area contributed by atoms with Crippen LogP contribution in [0.25, 0.3) is 0 Å². The standard InChI is InChI=1S/C13H19F2N3/c1-9(2)18-4-3-10(8-18)6-16-13-12(15)5-11(14)7-17-13/h5,7,9-10H,3-4,6,8H2,1-2H3,(H,16,17). The van der Waals surface area contributed by atoms with E-state index in [9.17, 15) is 8.78 Å². The highest BCUT2D eigenvalue weighted by Gasteiger charge is 2.24. The third kappa shape index (κ3) is 3.16. The van der Waals surface area contributed by atoms with Crippen LogP contribution in [0.2, 0.25) is 0 Å². The Bertz CT molecular complexity index is 409. The molecule has 0 aromatic carbocycles. The quantitative estimate of drug-likeness (QED) is 0.896. The third-order valence-electron chi connectivity index (χ3n) is 3.41. The zero-order valence-corrected chi connectivity index (χ0v) is 10.8. The van der Waals surface area contributed by atoms with Gasteiger partial charge in [-0.25, -0.2) is 13.8 Å². The molecule has 0 amide bonds. The Kier molecular flexibility index (Phi) is 4.11. The van der Waals surface area contributed by atoms with Crippen LogP contribution in [0, 0.1) is 17.6 Å². The summed E-state index contributed by atoms with van der Waals surface area (Å²) >= 11 is 0. The molecule has 0 aliphatic carbocycles. The van der Waals surface area contributed by atoms with E-state index in [0.717, 1.165) is 31.8 Å². The first kappa shape index (κ1) is 13.2. The molecule has 0 saturated carbocycles. The molecule has 100 valence electrons. The van der Waals surface area contributed by atoms with Gasteiger partial charge in [-0.15, -0.1) is 0 Å². The van der Waals surface area contributed by atoms with Crippen LogP contribution < -0.4 is 5.32 Å². The van der Waals surface area contributed by atoms with Crippen LogP contribution in [0.4, 0.5) is 14.6 Å². The van der Waals surface area contributed by atoms with Crippen molar-refractivity contribution in [2.24, 2.45) is 5.92 Å². The lowest BCUT2D eigenvalue weighted by Crippen LogP contribution is -2.29. The molecule has 1 N–H and O–H groups in total. The predicted octanol–water partition coefficient (Wildman–Crippen LogP) is 2.50. The average molecular weight is 255 g/mol. The molecule has 2 heterocycles. The summed E-state index contributed by atoms with van der Waals surface area (Å²) in [5.41, 5.74) is 0. The highest BCUT2D eigenvalue weighted by atomic mass is 19.1. The van der Waals surface area contributed by atoms with E-state index in [1.807, 2.05) is 0 Å². The van der Waals surface area contributed by atoms with Crippen molar-refractivity contribution in [3.05, 3.63) is 23.9 Å². The third-order valence-corrected chi connectivity index (χ3v) is 3.41. The number of hydrogen-bond donors (Lipinski definition) is 1. The zero-order valence-electron chi connectivity index (χ0n) is 10.8. The molecule has 5 heteroatoms. The van der Waals surface area contributed by atoms with Gasteiger partial charge in [-0.2, -0.15) is 0 Å². The number of nitrogens with one attached hydrogen (secondary N) is 1. The van der Waals surface area contributed by atoms with Crippen LogP contribution in [0.3, 0.4) is 0 Å². The van der Waals surface area contributed by atoms with Gasteiger partial charge in [-0.05, 0) is 32.7 Å². The van der Waals surface area contributed by atoms with E-state index in [1.165, 1.54) is 0 Å². The molecule has 1 aliphatic heterocycles. The number of hydrogen-bond acceptors (Lipinski definition) is 3. The van der Waals surface area contributed by atoms with Gasteiger partial charge in [-0.1, -0.05) is 0 Å².